The van der Waals surface area contributed by atoms with E-state index in [-0.39, 0.29) is 18.5 Å². The first-order chi connectivity index (χ1) is 7.93. The van der Waals surface area contributed by atoms with Crippen molar-refractivity contribution in [3.05, 3.63) is 0 Å². The molecule has 1 aliphatic heterocycles. The molecule has 1 amide bonds. The number of nitrogens with zero attached hydrogens (tertiary/aromatic N) is 2. The van der Waals surface area contributed by atoms with E-state index in [2.05, 4.69) is 6.92 Å². The van der Waals surface area contributed by atoms with Crippen LogP contribution < -0.4 is 0 Å². The van der Waals surface area contributed by atoms with Crippen LogP contribution >= 0.6 is 0 Å². The van der Waals surface area contributed by atoms with Gasteiger partial charge in [-0.2, -0.15) is 0 Å². The van der Waals surface area contributed by atoms with Crippen LogP contribution in [0.3, 0.4) is 0 Å². The zero-order chi connectivity index (χ0) is 13.0. The summed E-state index contributed by atoms with van der Waals surface area (Å²) in [6, 6.07) is -0.344. The van der Waals surface area contributed by atoms with Gasteiger partial charge in [0.2, 0.25) is 5.91 Å². The summed E-state index contributed by atoms with van der Waals surface area (Å²) in [6.45, 7) is 4.63. The first kappa shape index (κ1) is 14.0. The summed E-state index contributed by atoms with van der Waals surface area (Å²) >= 11 is 0. The summed E-state index contributed by atoms with van der Waals surface area (Å²) in [7, 11) is 1.67. The second-order valence-corrected chi connectivity index (χ2v) is 4.86. The Labute approximate surface area is 102 Å². The molecule has 5 nitrogen and oxygen atoms in total. The van der Waals surface area contributed by atoms with E-state index >= 15 is 0 Å². The van der Waals surface area contributed by atoms with Gasteiger partial charge in [0.05, 0.1) is 6.54 Å². The molecule has 0 radical (unpaired) electrons. The molecule has 1 fully saturated rings. The number of likely N-dealkylation sites (N-methyl/N-ethyl adjacent to an activating group) is 1. The average Bonchev–Trinajstić information content (AvgIpc) is 2.28. The Morgan fingerprint density at radius 2 is 2.12 bits per heavy atom. The van der Waals surface area contributed by atoms with Gasteiger partial charge in [0, 0.05) is 12.6 Å². The Morgan fingerprint density at radius 1 is 1.47 bits per heavy atom. The minimum Gasteiger partial charge on any atom is -0.480 e. The highest BCUT2D eigenvalue weighted by Crippen LogP contribution is 2.16. The molecule has 0 aliphatic carbocycles. The zero-order valence-corrected chi connectivity index (χ0v) is 10.8. The van der Waals surface area contributed by atoms with E-state index in [1.807, 2.05) is 4.90 Å². The van der Waals surface area contributed by atoms with Crippen LogP contribution in [0.2, 0.25) is 0 Å². The van der Waals surface area contributed by atoms with Crippen molar-refractivity contribution in [2.75, 3.05) is 20.1 Å². The van der Waals surface area contributed by atoms with E-state index in [0.717, 1.165) is 19.4 Å². The van der Waals surface area contributed by atoms with Crippen molar-refractivity contribution < 1.29 is 14.7 Å². The summed E-state index contributed by atoms with van der Waals surface area (Å²) in [5, 5.41) is 8.86. The van der Waals surface area contributed by atoms with Gasteiger partial charge in [0.1, 0.15) is 6.04 Å². The number of amides is 1. The fraction of sp³-hybridized carbons (Fsp3) is 0.833. The van der Waals surface area contributed by atoms with Crippen LogP contribution in [-0.4, -0.2) is 59.0 Å². The highest BCUT2D eigenvalue weighted by Gasteiger charge is 2.26. The minimum atomic E-state index is -0.896. The second kappa shape index (κ2) is 6.00. The van der Waals surface area contributed by atoms with Gasteiger partial charge in [-0.05, 0) is 40.2 Å². The highest BCUT2D eigenvalue weighted by molar-refractivity contribution is 5.80. The highest BCUT2D eigenvalue weighted by atomic mass is 16.4. The standard InChI is InChI=1S/C12H22N2O3/c1-9-6-4-5-7-14(9)11(15)8-13(3)10(2)12(16)17/h9-10H,4-8H2,1-3H3,(H,16,17)/t9-,10+/m0/s1. The average molecular weight is 242 g/mol. The van der Waals surface area contributed by atoms with Gasteiger partial charge in [-0.25, -0.2) is 0 Å². The summed E-state index contributed by atoms with van der Waals surface area (Å²) in [4.78, 5) is 26.3. The molecule has 0 saturated carbocycles. The molecule has 0 aromatic rings. The van der Waals surface area contributed by atoms with E-state index in [0.29, 0.717) is 0 Å². The number of likely N-dealkylation sites (tertiary alicyclic amines) is 1. The number of carbonyl (C=O) groups excluding carboxylic acids is 1. The minimum absolute atomic E-state index is 0.0350. The lowest BCUT2D eigenvalue weighted by molar-refractivity contribution is -0.144. The summed E-state index contributed by atoms with van der Waals surface area (Å²) in [5.41, 5.74) is 0. The first-order valence-electron chi connectivity index (χ1n) is 6.16. The van der Waals surface area contributed by atoms with Crippen LogP contribution in [0.1, 0.15) is 33.1 Å². The van der Waals surface area contributed by atoms with Crippen LogP contribution in [0.15, 0.2) is 0 Å². The number of hydrogen-bond acceptors (Lipinski definition) is 3. The lowest BCUT2D eigenvalue weighted by Gasteiger charge is -2.35. The van der Waals surface area contributed by atoms with Crippen LogP contribution in [0, 0.1) is 0 Å². The number of hydrogen-bond donors (Lipinski definition) is 1. The molecule has 0 unspecified atom stereocenters. The molecule has 98 valence electrons. The molecule has 0 spiro atoms. The summed E-state index contributed by atoms with van der Waals surface area (Å²) in [6.07, 6.45) is 3.27. The van der Waals surface area contributed by atoms with E-state index in [4.69, 9.17) is 5.11 Å². The Bertz CT molecular complexity index is 293. The van der Waals surface area contributed by atoms with E-state index in [1.165, 1.54) is 6.42 Å². The molecule has 1 N–H and O–H groups in total. The van der Waals surface area contributed by atoms with Crippen LogP contribution in [0.4, 0.5) is 0 Å². The number of carboxylic acid groups (broad SMARTS) is 1. The Hall–Kier alpha value is -1.10. The number of piperidine rings is 1. The molecule has 1 rings (SSSR count). The molecule has 1 aliphatic rings. The molecule has 0 aromatic heterocycles. The maximum Gasteiger partial charge on any atom is 0.320 e. The second-order valence-electron chi connectivity index (χ2n) is 4.86. The van der Waals surface area contributed by atoms with Crippen molar-refractivity contribution in [3.8, 4) is 0 Å². The fourth-order valence-electron chi connectivity index (χ4n) is 2.10. The Balaban J connectivity index is 2.50. The molecule has 1 heterocycles. The Kier molecular flexibility index (Phi) is 4.93. The fourth-order valence-corrected chi connectivity index (χ4v) is 2.10. The van der Waals surface area contributed by atoms with E-state index in [9.17, 15) is 9.59 Å². The van der Waals surface area contributed by atoms with Gasteiger partial charge in [-0.3, -0.25) is 14.5 Å². The number of carboxylic acids is 1. The lowest BCUT2D eigenvalue weighted by atomic mass is 10.0. The maximum atomic E-state index is 12.0. The lowest BCUT2D eigenvalue weighted by Crippen LogP contribution is -2.48. The van der Waals surface area contributed by atoms with E-state index < -0.39 is 12.0 Å². The molecule has 2 atom stereocenters. The van der Waals surface area contributed by atoms with Crippen molar-refractivity contribution >= 4 is 11.9 Å². The molecule has 0 bridgehead atoms. The molecule has 1 saturated heterocycles. The normalized spacial score (nSPS) is 22.6. The van der Waals surface area contributed by atoms with Crippen molar-refractivity contribution in [1.82, 2.24) is 9.80 Å². The van der Waals surface area contributed by atoms with Crippen molar-refractivity contribution in [2.45, 2.75) is 45.2 Å². The number of aliphatic carboxylic acids is 1. The zero-order valence-electron chi connectivity index (χ0n) is 10.8. The van der Waals surface area contributed by atoms with Crippen LogP contribution in [0.5, 0.6) is 0 Å². The smallest absolute Gasteiger partial charge is 0.320 e. The topological polar surface area (TPSA) is 60.9 Å². The van der Waals surface area contributed by atoms with Gasteiger partial charge < -0.3 is 10.0 Å². The predicted octanol–water partition coefficient (Wildman–Crippen LogP) is 0.792. The molecule has 17 heavy (non-hydrogen) atoms. The van der Waals surface area contributed by atoms with Crippen molar-refractivity contribution in [3.63, 3.8) is 0 Å². The maximum absolute atomic E-state index is 12.0. The van der Waals surface area contributed by atoms with Crippen LogP contribution in [0.25, 0.3) is 0 Å². The van der Waals surface area contributed by atoms with Crippen molar-refractivity contribution in [1.29, 1.82) is 0 Å². The quantitative estimate of drug-likeness (QED) is 0.792. The molecule has 5 heteroatoms. The monoisotopic (exact) mass is 242 g/mol. The van der Waals surface area contributed by atoms with E-state index in [1.54, 1.807) is 18.9 Å². The largest absolute Gasteiger partial charge is 0.480 e. The molecular weight excluding hydrogens is 220 g/mol. The third-order valence-corrected chi connectivity index (χ3v) is 3.53. The van der Waals surface area contributed by atoms with Gasteiger partial charge in [0.25, 0.3) is 0 Å². The predicted molar refractivity (Wildman–Crippen MR) is 64.8 cm³/mol. The number of rotatable bonds is 4. The summed E-state index contributed by atoms with van der Waals surface area (Å²) in [5.74, 6) is -0.861. The third kappa shape index (κ3) is 3.70. The van der Waals surface area contributed by atoms with Crippen molar-refractivity contribution in [2.24, 2.45) is 0 Å². The third-order valence-electron chi connectivity index (χ3n) is 3.53. The summed E-state index contributed by atoms with van der Waals surface area (Å²) < 4.78 is 0. The molecular formula is C12H22N2O3. The van der Waals surface area contributed by atoms with Gasteiger partial charge in [-0.1, -0.05) is 0 Å². The van der Waals surface area contributed by atoms with Gasteiger partial charge in [0.15, 0.2) is 0 Å². The Morgan fingerprint density at radius 3 is 2.65 bits per heavy atom. The number of carbonyl (C=O) groups is 2. The van der Waals surface area contributed by atoms with Gasteiger partial charge >= 0.3 is 5.97 Å². The SMILES string of the molecule is C[C@H](C(=O)O)N(C)CC(=O)N1CCCC[C@@H]1C. The first-order valence-corrected chi connectivity index (χ1v) is 6.16. The van der Waals surface area contributed by atoms with Gasteiger partial charge in [-0.15, -0.1) is 0 Å². The molecule has 0 aromatic carbocycles. The van der Waals surface area contributed by atoms with Crippen LogP contribution in [-0.2, 0) is 9.59 Å².